The highest BCUT2D eigenvalue weighted by Gasteiger charge is 2.81. The van der Waals surface area contributed by atoms with Gasteiger partial charge in [-0.15, -0.1) is 0 Å². The van der Waals surface area contributed by atoms with Crippen LogP contribution in [0.4, 0.5) is 0 Å². The average Bonchev–Trinajstić information content (AvgIpc) is 2.78. The first-order valence-corrected chi connectivity index (χ1v) is 39.3. The molecule has 1 aliphatic rings. The van der Waals surface area contributed by atoms with Gasteiger partial charge in [0.25, 0.3) is 13.8 Å². The van der Waals surface area contributed by atoms with E-state index in [2.05, 4.69) is 105 Å². The van der Waals surface area contributed by atoms with Crippen molar-refractivity contribution in [3.8, 4) is 0 Å². The first-order valence-electron chi connectivity index (χ1n) is 16.6. The van der Waals surface area contributed by atoms with Gasteiger partial charge in [-0.25, -0.2) is 9.59 Å². The van der Waals surface area contributed by atoms with Crippen molar-refractivity contribution in [2.45, 2.75) is 156 Å². The van der Waals surface area contributed by atoms with Crippen LogP contribution in [-0.2, 0) is 40.6 Å². The molecule has 1 aliphatic heterocycles. The normalized spacial score (nSPS) is 22.8. The number of esters is 2. The Morgan fingerprint density at radius 1 is 0.696 bits per heavy atom. The molecule has 0 aliphatic carbocycles. The van der Waals surface area contributed by atoms with Crippen molar-refractivity contribution in [2.24, 2.45) is 0 Å². The molecule has 2 unspecified atom stereocenters. The van der Waals surface area contributed by atoms with Crippen LogP contribution in [-0.4, -0.2) is 85.7 Å². The van der Waals surface area contributed by atoms with E-state index in [0.717, 1.165) is 0 Å². The summed E-state index contributed by atoms with van der Waals surface area (Å²) in [6.07, 6.45) is 0.867. The fourth-order valence-corrected chi connectivity index (χ4v) is 60.7. The van der Waals surface area contributed by atoms with Crippen molar-refractivity contribution < 1.29 is 40.6 Å². The van der Waals surface area contributed by atoms with Gasteiger partial charge >= 0.3 is 20.0 Å². The molecule has 46 heavy (non-hydrogen) atoms. The molecule has 0 saturated carbocycles. The summed E-state index contributed by atoms with van der Waals surface area (Å²) in [7, 11) is -19.6. The predicted molar refractivity (Wildman–Crippen MR) is 205 cm³/mol. The van der Waals surface area contributed by atoms with Crippen LogP contribution in [0.15, 0.2) is 24.3 Å². The Balaban J connectivity index is 4.67. The Morgan fingerprint density at radius 3 is 1.26 bits per heavy atom. The van der Waals surface area contributed by atoms with E-state index in [4.69, 9.17) is 31.0 Å². The molecule has 0 spiro atoms. The molecule has 0 N–H and O–H groups in total. The summed E-state index contributed by atoms with van der Waals surface area (Å²) in [5.74, 6) is -2.54. The van der Waals surface area contributed by atoms with Gasteiger partial charge in [0.15, 0.2) is 33.3 Å². The molecule has 9 nitrogen and oxygen atoms in total. The van der Waals surface area contributed by atoms with E-state index in [0.29, 0.717) is 18.9 Å². The minimum atomic E-state index is -3.74. The zero-order chi connectivity index (χ0) is 36.5. The van der Waals surface area contributed by atoms with Gasteiger partial charge in [0.05, 0.1) is 6.04 Å². The molecule has 0 aromatic carbocycles. The van der Waals surface area contributed by atoms with Crippen LogP contribution in [0, 0.1) is 0 Å². The fourth-order valence-electron chi connectivity index (χ4n) is 6.18. The molecular weight excluding hydrogens is 701 g/mol. The zero-order valence-electron chi connectivity index (χ0n) is 32.4. The molecule has 268 valence electrons. The zero-order valence-corrected chi connectivity index (χ0v) is 39.4. The lowest BCUT2D eigenvalue weighted by Crippen LogP contribution is -2.93. The van der Waals surface area contributed by atoms with Crippen LogP contribution >= 0.6 is 0 Å². The topological polar surface area (TPSA) is 98.8 Å². The predicted octanol–water partition coefficient (Wildman–Crippen LogP) is 8.20. The Labute approximate surface area is 287 Å². The maximum Gasteiger partial charge on any atom is 0.333 e. The van der Waals surface area contributed by atoms with Gasteiger partial charge in [0.2, 0.25) is 0 Å². The largest absolute Gasteiger partial charge is 0.460 e. The van der Waals surface area contributed by atoms with Crippen LogP contribution in [0.2, 0.25) is 97.7 Å². The van der Waals surface area contributed by atoms with Gasteiger partial charge in [-0.3, -0.25) is 0 Å². The first-order chi connectivity index (χ1) is 20.3. The van der Waals surface area contributed by atoms with Gasteiger partial charge in [-0.05, 0) is 105 Å². The number of carbonyl (C=O) groups excluding carboxylic acids is 2. The van der Waals surface area contributed by atoms with Gasteiger partial charge in [0, 0.05) is 11.1 Å². The molecule has 0 amide bonds. The molecule has 0 aromatic rings. The highest BCUT2D eigenvalue weighted by Crippen LogP contribution is 2.53. The molecule has 16 heteroatoms. The molecular formula is C30H66O9Si7. The summed E-state index contributed by atoms with van der Waals surface area (Å²) in [4.78, 5) is 26.9. The number of hydrogen-bond donors (Lipinski definition) is 0. The van der Waals surface area contributed by atoms with Crippen LogP contribution in [0.3, 0.4) is 0 Å². The minimum absolute atomic E-state index is 0.285. The maximum atomic E-state index is 13.4. The van der Waals surface area contributed by atoms with E-state index < -0.39 is 85.7 Å². The van der Waals surface area contributed by atoms with Crippen molar-refractivity contribution in [2.75, 3.05) is 0 Å². The van der Waals surface area contributed by atoms with Gasteiger partial charge in [-0.1, -0.05) is 40.1 Å². The molecule has 0 bridgehead atoms. The van der Waals surface area contributed by atoms with E-state index in [9.17, 15) is 9.59 Å². The highest BCUT2D eigenvalue weighted by molar-refractivity contribution is 7.67. The van der Waals surface area contributed by atoms with Crippen LogP contribution < -0.4 is 0 Å². The molecule has 1 rings (SSSR count). The standard InChI is InChI=1S/C30H66O9Si7/c1-21-26(33-28(31)24(3)4)46(27(22-2)34-29(32)25(5)6)37-30(35-40(7,8)9,36-41(10,11)12)23-45(44(46,19)20,38-42(13,14)15)39-43(16,17)18/h26-27H,3,5,21-23H2,1-2,4,6-20H3. The van der Waals surface area contributed by atoms with Crippen molar-refractivity contribution in [1.82, 2.24) is 0 Å². The Morgan fingerprint density at radius 2 is 1.02 bits per heavy atom. The van der Waals surface area contributed by atoms with E-state index >= 15 is 0 Å². The lowest BCUT2D eigenvalue weighted by atomic mass is 10.4. The molecule has 1 fully saturated rings. The first kappa shape index (κ1) is 43.8. The number of hydrogen-bond acceptors (Lipinski definition) is 9. The lowest BCUT2D eigenvalue weighted by Gasteiger charge is -2.65. The van der Waals surface area contributed by atoms with Crippen LogP contribution in [0.5, 0.6) is 0 Å². The van der Waals surface area contributed by atoms with Crippen molar-refractivity contribution >= 4 is 68.2 Å². The van der Waals surface area contributed by atoms with Crippen molar-refractivity contribution in [1.29, 1.82) is 0 Å². The summed E-state index contributed by atoms with van der Waals surface area (Å²) in [6.45, 7) is 45.4. The smallest absolute Gasteiger partial charge is 0.333 e. The molecule has 0 radical (unpaired) electrons. The van der Waals surface area contributed by atoms with Gasteiger partial charge in [-0.2, -0.15) is 0 Å². The molecule has 1 saturated heterocycles. The summed E-state index contributed by atoms with van der Waals surface area (Å²) in [6, 6.07) is 0.340. The third kappa shape index (κ3) is 10.9. The Kier molecular flexibility index (Phi) is 14.2. The number of ether oxygens (including phenoxy) is 2. The minimum Gasteiger partial charge on any atom is -0.460 e. The van der Waals surface area contributed by atoms with E-state index in [-0.39, 0.29) is 11.1 Å². The van der Waals surface area contributed by atoms with Crippen LogP contribution in [0.1, 0.15) is 40.5 Å². The maximum absolute atomic E-state index is 13.4. The fraction of sp³-hybridized carbons (Fsp3) is 0.800. The lowest BCUT2D eigenvalue weighted by molar-refractivity contribution is -0.264. The third-order valence-electron chi connectivity index (χ3n) is 7.46. The Bertz CT molecular complexity index is 1060. The monoisotopic (exact) mass is 766 g/mol. The van der Waals surface area contributed by atoms with Gasteiger partial charge in [0.1, 0.15) is 18.6 Å². The third-order valence-corrected chi connectivity index (χ3v) is 48.3. The second-order valence-corrected chi connectivity index (χ2v) is 57.9. The second-order valence-electron chi connectivity index (χ2n) is 17.2. The SMILES string of the molecule is C=C(C)C(=O)OC(CC)[Si]1(C(CC)OC(=O)C(=C)C)OC(O[Si](C)(C)C)(O[Si](C)(C)C)C[Si](O[Si](C)(C)C)(O[Si](C)(C)C)[Si]1(C)C. The Hall–Kier alpha value is -0.262. The summed E-state index contributed by atoms with van der Waals surface area (Å²) >= 11 is 0. The molecule has 1 heterocycles. The summed E-state index contributed by atoms with van der Waals surface area (Å²) in [5.41, 5.74) is -0.876. The van der Waals surface area contributed by atoms with Crippen LogP contribution in [0.25, 0.3) is 0 Å². The summed E-state index contributed by atoms with van der Waals surface area (Å²) < 4.78 is 50.0. The number of rotatable bonds is 16. The van der Waals surface area contributed by atoms with E-state index in [1.54, 1.807) is 13.8 Å². The van der Waals surface area contributed by atoms with Crippen molar-refractivity contribution in [3.63, 3.8) is 0 Å². The summed E-state index contributed by atoms with van der Waals surface area (Å²) in [5, 5.41) is 0. The second kappa shape index (κ2) is 14.9. The quantitative estimate of drug-likeness (QED) is 0.0667. The van der Waals surface area contributed by atoms with E-state index in [1.165, 1.54) is 0 Å². The van der Waals surface area contributed by atoms with E-state index in [1.807, 2.05) is 13.8 Å². The van der Waals surface area contributed by atoms with Gasteiger partial charge < -0.3 is 31.0 Å². The highest BCUT2D eigenvalue weighted by atomic mass is 29.7. The average molecular weight is 767 g/mol. The number of carbonyl (C=O) groups is 2. The van der Waals surface area contributed by atoms with Crippen molar-refractivity contribution in [3.05, 3.63) is 24.3 Å². The molecule has 2 atom stereocenters. The molecule has 0 aromatic heterocycles.